The normalized spacial score (nSPS) is 22.4. The van der Waals surface area contributed by atoms with Gasteiger partial charge in [-0.2, -0.15) is 0 Å². The zero-order valence-corrected chi connectivity index (χ0v) is 10.1. The van der Waals surface area contributed by atoms with Crippen molar-refractivity contribution < 1.29 is 5.11 Å². The van der Waals surface area contributed by atoms with Gasteiger partial charge >= 0.3 is 0 Å². The van der Waals surface area contributed by atoms with Gasteiger partial charge in [-0.1, -0.05) is 13.3 Å². The van der Waals surface area contributed by atoms with Gasteiger partial charge in [0.2, 0.25) is 0 Å². The maximum Gasteiger partial charge on any atom is 0.0931 e. The largest absolute Gasteiger partial charge is 0.387 e. The van der Waals surface area contributed by atoms with Crippen LogP contribution >= 0.6 is 0 Å². The number of aliphatic hydroxyl groups excluding tert-OH is 1. The Morgan fingerprint density at radius 2 is 2.38 bits per heavy atom. The molecule has 3 heteroatoms. The quantitative estimate of drug-likeness (QED) is 0.849. The smallest absolute Gasteiger partial charge is 0.0931 e. The van der Waals surface area contributed by atoms with Crippen molar-refractivity contribution in [2.45, 2.75) is 32.8 Å². The molecule has 0 radical (unpaired) electrons. The zero-order valence-electron chi connectivity index (χ0n) is 10.1. The van der Waals surface area contributed by atoms with Gasteiger partial charge < -0.3 is 10.0 Å². The monoisotopic (exact) mass is 220 g/mol. The fourth-order valence-electron chi connectivity index (χ4n) is 2.23. The van der Waals surface area contributed by atoms with Crippen molar-refractivity contribution in [2.24, 2.45) is 5.92 Å². The van der Waals surface area contributed by atoms with Crippen LogP contribution in [-0.2, 0) is 0 Å². The van der Waals surface area contributed by atoms with Gasteiger partial charge in [0.05, 0.1) is 23.7 Å². The minimum atomic E-state index is -0.476. The minimum absolute atomic E-state index is 0.476. The molecule has 16 heavy (non-hydrogen) atoms. The van der Waals surface area contributed by atoms with Crippen molar-refractivity contribution in [1.82, 2.24) is 4.98 Å². The summed E-state index contributed by atoms with van der Waals surface area (Å²) in [5, 5.41) is 9.38. The second kappa shape index (κ2) is 4.83. The summed E-state index contributed by atoms with van der Waals surface area (Å²) in [7, 11) is 0. The number of hydrogen-bond acceptors (Lipinski definition) is 3. The number of nitrogens with zero attached hydrogens (tertiary/aromatic N) is 2. The fraction of sp³-hybridized carbons (Fsp3) is 0.615. The van der Waals surface area contributed by atoms with Crippen LogP contribution in [0.15, 0.2) is 18.3 Å². The summed E-state index contributed by atoms with van der Waals surface area (Å²) in [5.74, 6) is 0.830. The predicted octanol–water partition coefficient (Wildman–Crippen LogP) is 2.37. The standard InChI is InChI=1S/C13H20N2O/c1-3-11-6-7-15(9-11)12-4-5-13(10(2)16)14-8-12/h4-5,8,10-11,16H,3,6-7,9H2,1-2H3/t10-,11?/m0/s1. The Balaban J connectivity index is 2.05. The molecule has 1 N–H and O–H groups in total. The molecule has 2 atom stereocenters. The van der Waals surface area contributed by atoms with Crippen molar-refractivity contribution in [3.05, 3.63) is 24.0 Å². The van der Waals surface area contributed by atoms with E-state index >= 15 is 0 Å². The Kier molecular flexibility index (Phi) is 3.44. The van der Waals surface area contributed by atoms with Gasteiger partial charge in [-0.15, -0.1) is 0 Å². The molecule has 0 aromatic carbocycles. The van der Waals surface area contributed by atoms with E-state index < -0.39 is 6.10 Å². The van der Waals surface area contributed by atoms with Crippen molar-refractivity contribution in [2.75, 3.05) is 18.0 Å². The Labute approximate surface area is 97.1 Å². The molecule has 1 aromatic rings. The van der Waals surface area contributed by atoms with Crippen LogP contribution in [-0.4, -0.2) is 23.2 Å². The average Bonchev–Trinajstić information content (AvgIpc) is 2.77. The van der Waals surface area contributed by atoms with Crippen LogP contribution in [0, 0.1) is 5.92 Å². The molecule has 0 amide bonds. The summed E-state index contributed by atoms with van der Waals surface area (Å²) < 4.78 is 0. The highest BCUT2D eigenvalue weighted by atomic mass is 16.3. The average molecular weight is 220 g/mol. The first-order valence-corrected chi connectivity index (χ1v) is 6.09. The summed E-state index contributed by atoms with van der Waals surface area (Å²) in [6.07, 6.45) is 3.95. The van der Waals surface area contributed by atoms with Crippen molar-refractivity contribution in [1.29, 1.82) is 0 Å². The lowest BCUT2D eigenvalue weighted by atomic mass is 10.1. The molecule has 88 valence electrons. The van der Waals surface area contributed by atoms with E-state index in [0.29, 0.717) is 0 Å². The van der Waals surface area contributed by atoms with E-state index in [-0.39, 0.29) is 0 Å². The van der Waals surface area contributed by atoms with Crippen LogP contribution in [0.1, 0.15) is 38.5 Å². The van der Waals surface area contributed by atoms with E-state index in [9.17, 15) is 5.11 Å². The Hall–Kier alpha value is -1.09. The lowest BCUT2D eigenvalue weighted by molar-refractivity contribution is 0.194. The van der Waals surface area contributed by atoms with Crippen LogP contribution in [0.4, 0.5) is 5.69 Å². The summed E-state index contributed by atoms with van der Waals surface area (Å²) in [5.41, 5.74) is 1.93. The summed E-state index contributed by atoms with van der Waals surface area (Å²) >= 11 is 0. The maximum absolute atomic E-state index is 9.38. The Bertz CT molecular complexity index is 334. The SMILES string of the molecule is CCC1CCN(c2ccc([C@H](C)O)nc2)C1. The third-order valence-electron chi connectivity index (χ3n) is 3.43. The molecular formula is C13H20N2O. The topological polar surface area (TPSA) is 36.4 Å². The summed E-state index contributed by atoms with van der Waals surface area (Å²) in [4.78, 5) is 6.66. The van der Waals surface area contributed by atoms with E-state index in [2.05, 4.69) is 22.9 Å². The molecule has 0 spiro atoms. The number of anilines is 1. The second-order valence-corrected chi connectivity index (χ2v) is 4.63. The lowest BCUT2D eigenvalue weighted by Gasteiger charge is -2.18. The highest BCUT2D eigenvalue weighted by Crippen LogP contribution is 2.25. The number of rotatable bonds is 3. The Morgan fingerprint density at radius 3 is 2.88 bits per heavy atom. The Morgan fingerprint density at radius 1 is 1.56 bits per heavy atom. The second-order valence-electron chi connectivity index (χ2n) is 4.63. The maximum atomic E-state index is 9.38. The fourth-order valence-corrected chi connectivity index (χ4v) is 2.23. The molecule has 1 unspecified atom stereocenters. The van der Waals surface area contributed by atoms with E-state index in [0.717, 1.165) is 24.7 Å². The van der Waals surface area contributed by atoms with Crippen LogP contribution in [0.3, 0.4) is 0 Å². The molecule has 0 bridgehead atoms. The number of hydrogen-bond donors (Lipinski definition) is 1. The molecule has 3 nitrogen and oxygen atoms in total. The van der Waals surface area contributed by atoms with Gasteiger partial charge in [0.15, 0.2) is 0 Å². The van der Waals surface area contributed by atoms with E-state index in [1.807, 2.05) is 12.3 Å². The first-order valence-electron chi connectivity index (χ1n) is 6.09. The highest BCUT2D eigenvalue weighted by molar-refractivity contribution is 5.45. The van der Waals surface area contributed by atoms with E-state index in [4.69, 9.17) is 0 Å². The summed E-state index contributed by atoms with van der Waals surface area (Å²) in [6, 6.07) is 3.98. The van der Waals surface area contributed by atoms with Gasteiger partial charge in [0.1, 0.15) is 0 Å². The molecule has 2 rings (SSSR count). The lowest BCUT2D eigenvalue weighted by Crippen LogP contribution is -2.19. The zero-order chi connectivity index (χ0) is 11.5. The van der Waals surface area contributed by atoms with Crippen molar-refractivity contribution >= 4 is 5.69 Å². The molecule has 1 saturated heterocycles. The number of pyridine rings is 1. The van der Waals surface area contributed by atoms with E-state index in [1.54, 1.807) is 6.92 Å². The minimum Gasteiger partial charge on any atom is -0.387 e. The van der Waals surface area contributed by atoms with Crippen molar-refractivity contribution in [3.8, 4) is 0 Å². The molecule has 1 fully saturated rings. The third-order valence-corrected chi connectivity index (χ3v) is 3.43. The van der Waals surface area contributed by atoms with E-state index in [1.165, 1.54) is 18.5 Å². The molecule has 1 aliphatic rings. The van der Waals surface area contributed by atoms with Crippen molar-refractivity contribution in [3.63, 3.8) is 0 Å². The third kappa shape index (κ3) is 2.35. The first-order chi connectivity index (χ1) is 7.70. The summed E-state index contributed by atoms with van der Waals surface area (Å²) in [6.45, 7) is 6.27. The van der Waals surface area contributed by atoms with Crippen LogP contribution in [0.25, 0.3) is 0 Å². The molecule has 0 aliphatic carbocycles. The number of aliphatic hydroxyl groups is 1. The first kappa shape index (κ1) is 11.4. The van der Waals surface area contributed by atoms with Crippen LogP contribution in [0.2, 0.25) is 0 Å². The van der Waals surface area contributed by atoms with Gasteiger partial charge in [-0.3, -0.25) is 4.98 Å². The van der Waals surface area contributed by atoms with Gasteiger partial charge in [0.25, 0.3) is 0 Å². The molecule has 2 heterocycles. The molecule has 1 aromatic heterocycles. The molecular weight excluding hydrogens is 200 g/mol. The number of aromatic nitrogens is 1. The molecule has 1 aliphatic heterocycles. The van der Waals surface area contributed by atoms with Gasteiger partial charge in [0, 0.05) is 13.1 Å². The van der Waals surface area contributed by atoms with Crippen LogP contribution in [0.5, 0.6) is 0 Å². The van der Waals surface area contributed by atoms with Crippen LogP contribution < -0.4 is 4.90 Å². The molecule has 0 saturated carbocycles. The van der Waals surface area contributed by atoms with Gasteiger partial charge in [-0.05, 0) is 31.4 Å². The highest BCUT2D eigenvalue weighted by Gasteiger charge is 2.21. The predicted molar refractivity (Wildman–Crippen MR) is 65.5 cm³/mol. The van der Waals surface area contributed by atoms with Gasteiger partial charge in [-0.25, -0.2) is 0 Å².